The number of benzene rings is 1. The first-order valence-electron chi connectivity index (χ1n) is 10.3. The zero-order valence-corrected chi connectivity index (χ0v) is 17.3. The topological polar surface area (TPSA) is 54.5 Å². The Morgan fingerprint density at radius 1 is 1.29 bits per heavy atom. The number of nitrogens with zero attached hydrogens (tertiary/aromatic N) is 2. The van der Waals surface area contributed by atoms with Gasteiger partial charge >= 0.3 is 0 Å². The number of carbonyl (C=O) groups is 1. The van der Waals surface area contributed by atoms with Crippen molar-refractivity contribution in [3.63, 3.8) is 0 Å². The van der Waals surface area contributed by atoms with Crippen molar-refractivity contribution in [1.82, 2.24) is 15.2 Å². The molecule has 6 heteroatoms. The second-order valence-corrected chi connectivity index (χ2v) is 8.72. The number of fused-ring (bicyclic) bond motifs is 1. The number of nitrogens with one attached hydrogen (secondary N) is 1. The lowest BCUT2D eigenvalue weighted by Gasteiger charge is -2.44. The number of aromatic nitrogens is 1. The minimum Gasteiger partial charge on any atom is -0.497 e. The summed E-state index contributed by atoms with van der Waals surface area (Å²) in [7, 11) is 1.66. The van der Waals surface area contributed by atoms with Crippen LogP contribution in [0.3, 0.4) is 0 Å². The number of amides is 1. The van der Waals surface area contributed by atoms with Gasteiger partial charge < -0.3 is 15.0 Å². The molecule has 4 rings (SSSR count). The van der Waals surface area contributed by atoms with E-state index in [-0.39, 0.29) is 5.91 Å². The largest absolute Gasteiger partial charge is 0.497 e. The fourth-order valence-corrected chi connectivity index (χ4v) is 5.38. The molecule has 1 amide bonds. The molecular formula is C22H29N3O2S. The van der Waals surface area contributed by atoms with E-state index in [1.165, 1.54) is 45.2 Å². The van der Waals surface area contributed by atoms with Crippen molar-refractivity contribution in [2.75, 3.05) is 26.7 Å². The molecule has 150 valence electrons. The summed E-state index contributed by atoms with van der Waals surface area (Å²) in [6.45, 7) is 3.27. The van der Waals surface area contributed by atoms with Crippen LogP contribution in [0.4, 0.5) is 0 Å². The summed E-state index contributed by atoms with van der Waals surface area (Å²) < 4.78 is 5.28. The van der Waals surface area contributed by atoms with Gasteiger partial charge in [-0.15, -0.1) is 11.3 Å². The Morgan fingerprint density at radius 2 is 2.18 bits per heavy atom. The number of ether oxygens (including phenoxy) is 1. The van der Waals surface area contributed by atoms with Crippen molar-refractivity contribution in [3.05, 3.63) is 35.3 Å². The minimum atomic E-state index is 0.0791. The zero-order valence-electron chi connectivity index (χ0n) is 16.5. The van der Waals surface area contributed by atoms with E-state index in [2.05, 4.69) is 15.2 Å². The number of thiazole rings is 1. The second kappa shape index (κ2) is 9.05. The number of piperidine rings is 2. The van der Waals surface area contributed by atoms with Crippen molar-refractivity contribution in [2.24, 2.45) is 5.92 Å². The van der Waals surface area contributed by atoms with Crippen LogP contribution in [0.2, 0.25) is 0 Å². The van der Waals surface area contributed by atoms with Gasteiger partial charge in [0.2, 0.25) is 5.91 Å². The van der Waals surface area contributed by atoms with Crippen LogP contribution in [0.25, 0.3) is 10.6 Å². The lowest BCUT2D eigenvalue weighted by atomic mass is 9.83. The molecule has 2 fully saturated rings. The molecule has 2 atom stereocenters. The van der Waals surface area contributed by atoms with E-state index >= 15 is 0 Å². The lowest BCUT2D eigenvalue weighted by Crippen LogP contribution is -2.51. The summed E-state index contributed by atoms with van der Waals surface area (Å²) in [5.74, 6) is 1.49. The van der Waals surface area contributed by atoms with Crippen LogP contribution in [0.5, 0.6) is 5.75 Å². The van der Waals surface area contributed by atoms with Crippen LogP contribution in [-0.4, -0.2) is 48.6 Å². The quantitative estimate of drug-likeness (QED) is 0.804. The Kier molecular flexibility index (Phi) is 6.27. The van der Waals surface area contributed by atoms with Crippen LogP contribution in [0.15, 0.2) is 29.6 Å². The molecule has 0 saturated carbocycles. The Balaban J connectivity index is 1.31. The Morgan fingerprint density at radius 3 is 3.07 bits per heavy atom. The maximum Gasteiger partial charge on any atom is 0.226 e. The van der Waals surface area contributed by atoms with E-state index in [0.717, 1.165) is 28.6 Å². The van der Waals surface area contributed by atoms with E-state index in [4.69, 9.17) is 4.74 Å². The molecule has 1 aromatic heterocycles. The van der Waals surface area contributed by atoms with Crippen LogP contribution < -0.4 is 10.1 Å². The van der Waals surface area contributed by atoms with Crippen molar-refractivity contribution in [3.8, 4) is 16.3 Å². The van der Waals surface area contributed by atoms with Crippen molar-refractivity contribution < 1.29 is 9.53 Å². The van der Waals surface area contributed by atoms with Crippen LogP contribution in [-0.2, 0) is 11.2 Å². The summed E-state index contributed by atoms with van der Waals surface area (Å²) in [5.41, 5.74) is 1.86. The van der Waals surface area contributed by atoms with Gasteiger partial charge in [-0.05, 0) is 56.8 Å². The number of hydrogen-bond donors (Lipinski definition) is 1. The highest BCUT2D eigenvalue weighted by Crippen LogP contribution is 2.30. The van der Waals surface area contributed by atoms with Crippen LogP contribution >= 0.6 is 11.3 Å². The fourth-order valence-electron chi connectivity index (χ4n) is 4.56. The third kappa shape index (κ3) is 4.55. The van der Waals surface area contributed by atoms with Gasteiger partial charge in [-0.3, -0.25) is 4.79 Å². The summed E-state index contributed by atoms with van der Waals surface area (Å²) in [6.07, 6.45) is 6.79. The molecule has 0 bridgehead atoms. The first-order chi connectivity index (χ1) is 13.7. The Labute approximate surface area is 171 Å². The van der Waals surface area contributed by atoms with E-state index in [1.54, 1.807) is 18.4 Å². The van der Waals surface area contributed by atoms with Gasteiger partial charge in [0, 0.05) is 23.5 Å². The number of hydrogen-bond acceptors (Lipinski definition) is 5. The first kappa shape index (κ1) is 19.4. The van der Waals surface area contributed by atoms with Crippen molar-refractivity contribution in [1.29, 1.82) is 0 Å². The van der Waals surface area contributed by atoms with Gasteiger partial charge in [0.25, 0.3) is 0 Å². The average Bonchev–Trinajstić information content (AvgIpc) is 3.20. The smallest absolute Gasteiger partial charge is 0.226 e. The van der Waals surface area contributed by atoms with Gasteiger partial charge in [0.05, 0.1) is 19.2 Å². The first-order valence-corrected chi connectivity index (χ1v) is 11.2. The highest BCUT2D eigenvalue weighted by Gasteiger charge is 2.32. The predicted octanol–water partition coefficient (Wildman–Crippen LogP) is 3.74. The molecule has 0 radical (unpaired) electrons. The average molecular weight is 400 g/mol. The molecule has 2 aromatic rings. The minimum absolute atomic E-state index is 0.0791. The summed E-state index contributed by atoms with van der Waals surface area (Å²) in [5, 5.41) is 6.09. The molecule has 2 aliphatic heterocycles. The Hall–Kier alpha value is -1.92. The third-order valence-corrected chi connectivity index (χ3v) is 6.94. The molecule has 0 spiro atoms. The standard InChI is InChI=1S/C22H29N3O2S/c1-27-19-8-4-6-16(12-19)22-24-18(15-28-22)13-21(26)23-14-17-7-5-11-25-10-3-2-9-20(17)25/h4,6,8,12,15,17,20H,2-3,5,7,9-11,13-14H2,1H3,(H,23,26)/t17-,20-/m1/s1. The summed E-state index contributed by atoms with van der Waals surface area (Å²) >= 11 is 1.57. The second-order valence-electron chi connectivity index (χ2n) is 7.86. The van der Waals surface area contributed by atoms with Gasteiger partial charge in [-0.2, -0.15) is 0 Å². The maximum atomic E-state index is 12.5. The molecule has 5 nitrogen and oxygen atoms in total. The van der Waals surface area contributed by atoms with Crippen molar-refractivity contribution in [2.45, 2.75) is 44.6 Å². The van der Waals surface area contributed by atoms with Crippen LogP contribution in [0, 0.1) is 5.92 Å². The molecule has 0 unspecified atom stereocenters. The van der Waals surface area contributed by atoms with E-state index in [0.29, 0.717) is 18.4 Å². The highest BCUT2D eigenvalue weighted by molar-refractivity contribution is 7.13. The van der Waals surface area contributed by atoms with Crippen LogP contribution in [0.1, 0.15) is 37.8 Å². The van der Waals surface area contributed by atoms with Gasteiger partial charge in [0.1, 0.15) is 10.8 Å². The molecule has 1 aromatic carbocycles. The molecule has 0 aliphatic carbocycles. The number of methoxy groups -OCH3 is 1. The van der Waals surface area contributed by atoms with Crippen molar-refractivity contribution >= 4 is 17.2 Å². The molecule has 28 heavy (non-hydrogen) atoms. The highest BCUT2D eigenvalue weighted by atomic mass is 32.1. The normalized spacial score (nSPS) is 22.5. The summed E-state index contributed by atoms with van der Waals surface area (Å²) in [6, 6.07) is 8.54. The maximum absolute atomic E-state index is 12.5. The predicted molar refractivity (Wildman–Crippen MR) is 113 cm³/mol. The molecule has 1 N–H and O–H groups in total. The van der Waals surface area contributed by atoms with E-state index in [1.807, 2.05) is 29.6 Å². The molecule has 2 saturated heterocycles. The molecular weight excluding hydrogens is 370 g/mol. The zero-order chi connectivity index (χ0) is 19.3. The number of rotatable bonds is 6. The SMILES string of the molecule is COc1cccc(-c2nc(CC(=O)NC[C@H]3CCCN4CCCC[C@H]34)cs2)c1. The summed E-state index contributed by atoms with van der Waals surface area (Å²) in [4.78, 5) is 19.8. The Bertz CT molecular complexity index is 805. The molecule has 2 aliphatic rings. The molecule has 3 heterocycles. The van der Waals surface area contributed by atoms with E-state index in [9.17, 15) is 4.79 Å². The van der Waals surface area contributed by atoms with Gasteiger partial charge in [-0.25, -0.2) is 4.98 Å². The third-order valence-electron chi connectivity index (χ3n) is 6.00. The lowest BCUT2D eigenvalue weighted by molar-refractivity contribution is -0.120. The van der Waals surface area contributed by atoms with Gasteiger partial charge in [0.15, 0.2) is 0 Å². The van der Waals surface area contributed by atoms with E-state index < -0.39 is 0 Å². The fraction of sp³-hybridized carbons (Fsp3) is 0.545. The number of carbonyl (C=O) groups excluding carboxylic acids is 1. The monoisotopic (exact) mass is 399 g/mol. The van der Waals surface area contributed by atoms with Gasteiger partial charge in [-0.1, -0.05) is 18.6 Å².